The highest BCUT2D eigenvalue weighted by Crippen LogP contribution is 2.27. The lowest BCUT2D eigenvalue weighted by Gasteiger charge is -2.25. The fourth-order valence-corrected chi connectivity index (χ4v) is 2.54. The Balaban J connectivity index is 1.81. The molecule has 0 saturated carbocycles. The van der Waals surface area contributed by atoms with Gasteiger partial charge >= 0.3 is 0 Å². The van der Waals surface area contributed by atoms with Crippen molar-refractivity contribution >= 4 is 0 Å². The average molecular weight is 250 g/mol. The van der Waals surface area contributed by atoms with Gasteiger partial charge in [-0.15, -0.1) is 0 Å². The summed E-state index contributed by atoms with van der Waals surface area (Å²) in [6.07, 6.45) is 3.05. The summed E-state index contributed by atoms with van der Waals surface area (Å²) in [5.41, 5.74) is 0.222. The molecule has 1 aliphatic heterocycles. The largest absolute Gasteiger partial charge is 0.468 e. The Hall–Kier alpha value is -0.800. The molecule has 0 bridgehead atoms. The van der Waals surface area contributed by atoms with E-state index in [9.17, 15) is 0 Å². The number of furan rings is 1. The molecule has 2 unspecified atom stereocenters. The van der Waals surface area contributed by atoms with Gasteiger partial charge in [-0.25, -0.2) is 0 Å². The summed E-state index contributed by atoms with van der Waals surface area (Å²) >= 11 is 0. The third-order valence-corrected chi connectivity index (χ3v) is 3.74. The van der Waals surface area contributed by atoms with E-state index in [0.717, 1.165) is 18.2 Å². The quantitative estimate of drug-likeness (QED) is 0.890. The Morgan fingerprint density at radius 2 is 2.28 bits per heavy atom. The third-order valence-electron chi connectivity index (χ3n) is 3.74. The Kier molecular flexibility index (Phi) is 4.13. The fourth-order valence-electron chi connectivity index (χ4n) is 2.54. The van der Waals surface area contributed by atoms with Crippen LogP contribution in [0, 0.1) is 5.92 Å². The summed E-state index contributed by atoms with van der Waals surface area (Å²) < 4.78 is 5.50. The molecule has 1 N–H and O–H groups in total. The lowest BCUT2D eigenvalue weighted by atomic mass is 10.1. The Morgan fingerprint density at radius 1 is 1.50 bits per heavy atom. The summed E-state index contributed by atoms with van der Waals surface area (Å²) in [6, 6.07) is 4.45. The van der Waals surface area contributed by atoms with Crippen LogP contribution in [0.15, 0.2) is 22.8 Å². The molecule has 2 heterocycles. The van der Waals surface area contributed by atoms with Gasteiger partial charge in [-0.1, -0.05) is 0 Å². The molecule has 2 atom stereocenters. The minimum absolute atomic E-state index is 0.222. The number of nitrogens with one attached hydrogen (secondary N) is 1. The van der Waals surface area contributed by atoms with Gasteiger partial charge in [0.1, 0.15) is 5.76 Å². The van der Waals surface area contributed by atoms with Crippen molar-refractivity contribution in [3.8, 4) is 0 Å². The van der Waals surface area contributed by atoms with Gasteiger partial charge in [0.05, 0.1) is 12.3 Å². The molecule has 0 aliphatic carbocycles. The maximum atomic E-state index is 5.50. The second-order valence-corrected chi connectivity index (χ2v) is 6.47. The highest BCUT2D eigenvalue weighted by Gasteiger charge is 2.28. The molecule has 2 rings (SSSR count). The maximum absolute atomic E-state index is 5.50. The number of likely N-dealkylation sites (tertiary alicyclic amines) is 1. The molecule has 1 aromatic heterocycles. The van der Waals surface area contributed by atoms with E-state index in [4.69, 9.17) is 4.42 Å². The minimum atomic E-state index is 0.222. The van der Waals surface area contributed by atoms with Crippen LogP contribution in [0.4, 0.5) is 0 Å². The summed E-state index contributed by atoms with van der Waals surface area (Å²) in [5.74, 6) is 1.85. The van der Waals surface area contributed by atoms with Crippen LogP contribution in [0.25, 0.3) is 0 Å². The summed E-state index contributed by atoms with van der Waals surface area (Å²) in [7, 11) is 0. The first-order valence-electron chi connectivity index (χ1n) is 6.98. The van der Waals surface area contributed by atoms with Gasteiger partial charge in [0, 0.05) is 12.1 Å². The lowest BCUT2D eigenvalue weighted by molar-refractivity contribution is 0.221. The molecule has 3 nitrogen and oxygen atoms in total. The molecule has 0 radical (unpaired) electrons. The van der Waals surface area contributed by atoms with Crippen LogP contribution in [0.1, 0.15) is 45.9 Å². The fraction of sp³-hybridized carbons (Fsp3) is 0.733. The molecular formula is C15H26N2O. The first kappa shape index (κ1) is 13.6. The van der Waals surface area contributed by atoms with E-state index in [1.165, 1.54) is 19.5 Å². The molecule has 3 heteroatoms. The smallest absolute Gasteiger partial charge is 0.120 e. The first-order chi connectivity index (χ1) is 8.46. The number of rotatable bonds is 4. The molecule has 0 spiro atoms. The third kappa shape index (κ3) is 3.59. The van der Waals surface area contributed by atoms with Crippen molar-refractivity contribution in [3.05, 3.63) is 24.2 Å². The molecule has 0 aromatic carbocycles. The van der Waals surface area contributed by atoms with Crippen LogP contribution in [-0.4, -0.2) is 30.1 Å². The Morgan fingerprint density at radius 3 is 2.89 bits per heavy atom. The zero-order valence-corrected chi connectivity index (χ0v) is 12.1. The van der Waals surface area contributed by atoms with Gasteiger partial charge in [0.2, 0.25) is 0 Å². The standard InChI is InChI=1S/C15H26N2O/c1-12(14-6-5-9-18-14)17-8-7-13(11-17)10-16-15(2,3)4/h5-6,9,12-13,16H,7-8,10-11H2,1-4H3. The van der Waals surface area contributed by atoms with E-state index in [-0.39, 0.29) is 5.54 Å². The lowest BCUT2D eigenvalue weighted by Crippen LogP contribution is -2.39. The van der Waals surface area contributed by atoms with Gasteiger partial charge in [-0.2, -0.15) is 0 Å². The monoisotopic (exact) mass is 250 g/mol. The highest BCUT2D eigenvalue weighted by molar-refractivity contribution is 5.04. The molecule has 1 aromatic rings. The maximum Gasteiger partial charge on any atom is 0.120 e. The summed E-state index contributed by atoms with van der Waals surface area (Å²) in [6.45, 7) is 12.4. The number of nitrogens with zero attached hydrogens (tertiary/aromatic N) is 1. The van der Waals surface area contributed by atoms with Crippen molar-refractivity contribution in [2.45, 2.75) is 45.7 Å². The van der Waals surface area contributed by atoms with E-state index in [1.807, 2.05) is 6.07 Å². The van der Waals surface area contributed by atoms with Gasteiger partial charge in [-0.05, 0) is 65.3 Å². The molecule has 18 heavy (non-hydrogen) atoms. The summed E-state index contributed by atoms with van der Waals surface area (Å²) in [5, 5.41) is 3.61. The van der Waals surface area contributed by atoms with Crippen molar-refractivity contribution in [1.29, 1.82) is 0 Å². The van der Waals surface area contributed by atoms with Crippen LogP contribution in [0.3, 0.4) is 0 Å². The predicted molar refractivity (Wildman–Crippen MR) is 74.6 cm³/mol. The normalized spacial score (nSPS) is 23.4. The van der Waals surface area contributed by atoms with Crippen LogP contribution in [0.2, 0.25) is 0 Å². The average Bonchev–Trinajstić information content (AvgIpc) is 2.96. The van der Waals surface area contributed by atoms with E-state index < -0.39 is 0 Å². The first-order valence-corrected chi connectivity index (χ1v) is 6.98. The van der Waals surface area contributed by atoms with Gasteiger partial charge in [-0.3, -0.25) is 4.90 Å². The zero-order valence-electron chi connectivity index (χ0n) is 12.1. The van der Waals surface area contributed by atoms with E-state index in [1.54, 1.807) is 6.26 Å². The molecule has 1 fully saturated rings. The molecule has 1 aliphatic rings. The molecule has 102 valence electrons. The second kappa shape index (κ2) is 5.45. The van der Waals surface area contributed by atoms with Gasteiger partial charge in [0.15, 0.2) is 0 Å². The minimum Gasteiger partial charge on any atom is -0.468 e. The second-order valence-electron chi connectivity index (χ2n) is 6.47. The van der Waals surface area contributed by atoms with Crippen molar-refractivity contribution in [2.75, 3.05) is 19.6 Å². The van der Waals surface area contributed by atoms with Crippen molar-refractivity contribution in [3.63, 3.8) is 0 Å². The highest BCUT2D eigenvalue weighted by atomic mass is 16.3. The predicted octanol–water partition coefficient (Wildman–Crippen LogP) is 3.05. The van der Waals surface area contributed by atoms with Gasteiger partial charge < -0.3 is 9.73 Å². The van der Waals surface area contributed by atoms with Crippen molar-refractivity contribution in [2.24, 2.45) is 5.92 Å². The van der Waals surface area contributed by atoms with E-state index in [0.29, 0.717) is 6.04 Å². The van der Waals surface area contributed by atoms with Crippen LogP contribution in [-0.2, 0) is 0 Å². The van der Waals surface area contributed by atoms with Crippen molar-refractivity contribution < 1.29 is 4.42 Å². The SMILES string of the molecule is CC(c1ccco1)N1CCC(CNC(C)(C)C)C1. The number of hydrogen-bond acceptors (Lipinski definition) is 3. The van der Waals surface area contributed by atoms with Crippen LogP contribution >= 0.6 is 0 Å². The van der Waals surface area contributed by atoms with E-state index in [2.05, 4.69) is 44.0 Å². The molecule has 0 amide bonds. The molecule has 1 saturated heterocycles. The van der Waals surface area contributed by atoms with Crippen LogP contribution in [0.5, 0.6) is 0 Å². The van der Waals surface area contributed by atoms with Crippen LogP contribution < -0.4 is 5.32 Å². The topological polar surface area (TPSA) is 28.4 Å². The van der Waals surface area contributed by atoms with E-state index >= 15 is 0 Å². The molecular weight excluding hydrogens is 224 g/mol. The zero-order chi connectivity index (χ0) is 13.2. The Labute approximate surface area is 111 Å². The Bertz CT molecular complexity index is 353. The van der Waals surface area contributed by atoms with Gasteiger partial charge in [0.25, 0.3) is 0 Å². The van der Waals surface area contributed by atoms with Crippen molar-refractivity contribution in [1.82, 2.24) is 10.2 Å². The summed E-state index contributed by atoms with van der Waals surface area (Å²) in [4.78, 5) is 2.52. The number of hydrogen-bond donors (Lipinski definition) is 1.